The molecule has 0 amide bonds. The Morgan fingerprint density at radius 3 is 1.43 bits per heavy atom. The van der Waals surface area contributed by atoms with Crippen LogP contribution in [0.25, 0.3) is 0 Å². The average molecular weight is 520 g/mol. The number of hydrogen-bond acceptors (Lipinski definition) is 2. The molecule has 2 saturated carbocycles. The maximum Gasteiger partial charge on any atom is 0.170 e. The lowest BCUT2D eigenvalue weighted by atomic mass is 10.0. The van der Waals surface area contributed by atoms with Crippen molar-refractivity contribution in [3.05, 3.63) is 104 Å². The number of benzene rings is 3. The van der Waals surface area contributed by atoms with Crippen LogP contribution in [-0.2, 0) is 10.9 Å². The standard InChI is InChI=1S/C32H33F2O2S/c1-3-31(18-8-9-19-31)35-29-16-14-25(22-27(29)33)37(24-12-6-5-7-13-24)26-15-17-30(28(34)23-26)36-32(4-2)20-10-11-21-32/h3-7,12-17,22-23H,1-2,8-11,18-21H2/q+1. The molecule has 2 nitrogen and oxygen atoms in total. The molecule has 0 unspecified atom stereocenters. The van der Waals surface area contributed by atoms with Crippen molar-refractivity contribution < 1.29 is 18.3 Å². The van der Waals surface area contributed by atoms with E-state index in [0.717, 1.165) is 66.1 Å². The smallest absolute Gasteiger partial charge is 0.170 e. The second-order valence-corrected chi connectivity index (χ2v) is 12.0. The quantitative estimate of drug-likeness (QED) is 0.208. The predicted octanol–water partition coefficient (Wildman–Crippen LogP) is 8.82. The Labute approximate surface area is 221 Å². The lowest BCUT2D eigenvalue weighted by Crippen LogP contribution is -2.30. The third-order valence-electron chi connectivity index (χ3n) is 7.53. The van der Waals surface area contributed by atoms with E-state index in [-0.39, 0.29) is 11.5 Å². The summed E-state index contributed by atoms with van der Waals surface area (Å²) in [6.45, 7) is 7.85. The maximum absolute atomic E-state index is 15.4. The first-order valence-electron chi connectivity index (χ1n) is 13.0. The van der Waals surface area contributed by atoms with Gasteiger partial charge < -0.3 is 9.47 Å². The molecule has 0 heterocycles. The van der Waals surface area contributed by atoms with Crippen molar-refractivity contribution in [3.8, 4) is 11.5 Å². The summed E-state index contributed by atoms with van der Waals surface area (Å²) < 4.78 is 43.1. The Kier molecular flexibility index (Phi) is 7.43. The van der Waals surface area contributed by atoms with Crippen LogP contribution >= 0.6 is 0 Å². The molecule has 0 spiro atoms. The van der Waals surface area contributed by atoms with E-state index >= 15 is 8.78 Å². The lowest BCUT2D eigenvalue weighted by molar-refractivity contribution is 0.122. The van der Waals surface area contributed by atoms with Gasteiger partial charge in [-0.25, -0.2) is 8.78 Å². The van der Waals surface area contributed by atoms with Gasteiger partial charge in [-0.15, -0.1) is 0 Å². The van der Waals surface area contributed by atoms with Gasteiger partial charge in [0.1, 0.15) is 11.2 Å². The fourth-order valence-electron chi connectivity index (χ4n) is 5.43. The van der Waals surface area contributed by atoms with E-state index < -0.39 is 33.7 Å². The predicted molar refractivity (Wildman–Crippen MR) is 145 cm³/mol. The van der Waals surface area contributed by atoms with Crippen LogP contribution in [0, 0.1) is 11.6 Å². The summed E-state index contributed by atoms with van der Waals surface area (Å²) in [4.78, 5) is 2.48. The molecule has 0 aromatic heterocycles. The Balaban J connectivity index is 1.48. The zero-order chi connectivity index (χ0) is 25.9. The van der Waals surface area contributed by atoms with Crippen molar-refractivity contribution in [3.63, 3.8) is 0 Å². The van der Waals surface area contributed by atoms with Crippen LogP contribution in [0.15, 0.2) is 107 Å². The topological polar surface area (TPSA) is 18.5 Å². The molecule has 2 aliphatic rings. The van der Waals surface area contributed by atoms with Crippen LogP contribution in [0.5, 0.6) is 11.5 Å². The highest BCUT2D eigenvalue weighted by molar-refractivity contribution is 7.97. The van der Waals surface area contributed by atoms with Crippen molar-refractivity contribution in [2.24, 2.45) is 0 Å². The van der Waals surface area contributed by atoms with Crippen LogP contribution in [0.2, 0.25) is 0 Å². The van der Waals surface area contributed by atoms with Crippen LogP contribution in [-0.4, -0.2) is 11.2 Å². The van der Waals surface area contributed by atoms with Crippen molar-refractivity contribution >= 4 is 10.9 Å². The minimum Gasteiger partial charge on any atom is -0.480 e. The number of halogens is 2. The molecule has 0 atom stereocenters. The van der Waals surface area contributed by atoms with Crippen LogP contribution < -0.4 is 9.47 Å². The SMILES string of the molecule is C=CC1(Oc2ccc([S+](c3ccccc3)c3ccc(OC4(C=C)CCCC4)c(F)c3)cc2F)CCCC1. The zero-order valence-electron chi connectivity index (χ0n) is 21.1. The lowest BCUT2D eigenvalue weighted by Gasteiger charge is -2.27. The largest absolute Gasteiger partial charge is 0.480 e. The third-order valence-corrected chi connectivity index (χ3v) is 9.72. The van der Waals surface area contributed by atoms with Gasteiger partial charge in [0, 0.05) is 12.1 Å². The summed E-state index contributed by atoms with van der Waals surface area (Å²) in [6.07, 6.45) is 11.1. The molecule has 5 rings (SSSR count). The van der Waals surface area contributed by atoms with E-state index in [2.05, 4.69) is 13.2 Å². The molecular formula is C32H33F2O2S+. The zero-order valence-corrected chi connectivity index (χ0v) is 21.9. The van der Waals surface area contributed by atoms with E-state index in [1.807, 2.05) is 42.5 Å². The van der Waals surface area contributed by atoms with Crippen LogP contribution in [0.4, 0.5) is 8.78 Å². The molecular weight excluding hydrogens is 486 g/mol. The fourth-order valence-corrected chi connectivity index (χ4v) is 7.52. The van der Waals surface area contributed by atoms with Gasteiger partial charge in [0.2, 0.25) is 0 Å². The average Bonchev–Trinajstić information content (AvgIpc) is 3.59. The van der Waals surface area contributed by atoms with Gasteiger partial charge in [-0.05, 0) is 99.9 Å². The number of ether oxygens (including phenoxy) is 2. The minimum atomic E-state index is -0.715. The summed E-state index contributed by atoms with van der Waals surface area (Å²) in [5.41, 5.74) is -1.02. The molecule has 0 radical (unpaired) electrons. The van der Waals surface area contributed by atoms with Crippen molar-refractivity contribution in [1.29, 1.82) is 0 Å². The van der Waals surface area contributed by atoms with E-state index in [1.165, 1.54) is 12.1 Å². The molecule has 3 aromatic carbocycles. The molecule has 192 valence electrons. The van der Waals surface area contributed by atoms with Crippen molar-refractivity contribution in [2.45, 2.75) is 77.3 Å². The Morgan fingerprint density at radius 2 is 1.05 bits per heavy atom. The van der Waals surface area contributed by atoms with Gasteiger partial charge in [-0.2, -0.15) is 0 Å². The van der Waals surface area contributed by atoms with E-state index in [0.29, 0.717) is 0 Å². The van der Waals surface area contributed by atoms with E-state index in [1.54, 1.807) is 24.3 Å². The second-order valence-electron chi connectivity index (χ2n) is 9.96. The molecule has 2 aliphatic carbocycles. The Morgan fingerprint density at radius 1 is 0.622 bits per heavy atom. The highest BCUT2D eigenvalue weighted by atomic mass is 32.2. The van der Waals surface area contributed by atoms with Crippen LogP contribution in [0.1, 0.15) is 51.4 Å². The molecule has 2 fully saturated rings. The van der Waals surface area contributed by atoms with Gasteiger partial charge in [-0.3, -0.25) is 0 Å². The fraction of sp³-hybridized carbons (Fsp3) is 0.312. The molecule has 0 aliphatic heterocycles. The van der Waals surface area contributed by atoms with Crippen molar-refractivity contribution in [1.82, 2.24) is 0 Å². The first-order valence-corrected chi connectivity index (χ1v) is 14.2. The van der Waals surface area contributed by atoms with Gasteiger partial charge in [0.05, 0.1) is 10.9 Å². The Bertz CT molecular complexity index is 1180. The van der Waals surface area contributed by atoms with Gasteiger partial charge in [-0.1, -0.05) is 31.4 Å². The maximum atomic E-state index is 15.4. The highest BCUT2D eigenvalue weighted by Gasteiger charge is 2.36. The molecule has 0 saturated heterocycles. The van der Waals surface area contributed by atoms with E-state index in [4.69, 9.17) is 9.47 Å². The first kappa shape index (κ1) is 25.6. The third kappa shape index (κ3) is 5.33. The van der Waals surface area contributed by atoms with Crippen molar-refractivity contribution in [2.75, 3.05) is 0 Å². The molecule has 3 aromatic rings. The summed E-state index contributed by atoms with van der Waals surface area (Å²) in [5, 5.41) is 0. The first-order chi connectivity index (χ1) is 18.0. The molecule has 0 bridgehead atoms. The summed E-state index contributed by atoms with van der Waals surface area (Å²) in [5.74, 6) is -0.394. The molecule has 5 heteroatoms. The van der Waals surface area contributed by atoms with E-state index in [9.17, 15) is 0 Å². The number of hydrogen-bond donors (Lipinski definition) is 0. The molecule has 37 heavy (non-hydrogen) atoms. The summed E-state index contributed by atoms with van der Waals surface area (Å²) in [6, 6.07) is 20.0. The second kappa shape index (κ2) is 10.7. The van der Waals surface area contributed by atoms with Gasteiger partial charge in [0.25, 0.3) is 0 Å². The summed E-state index contributed by atoms with van der Waals surface area (Å²) >= 11 is 0. The highest BCUT2D eigenvalue weighted by Crippen LogP contribution is 2.40. The van der Waals surface area contributed by atoms with Gasteiger partial charge >= 0.3 is 0 Å². The van der Waals surface area contributed by atoms with Crippen LogP contribution in [0.3, 0.4) is 0 Å². The van der Waals surface area contributed by atoms with Gasteiger partial charge in [0.15, 0.2) is 37.8 Å². The Hall–Kier alpha value is -3.05. The minimum absolute atomic E-state index is 0.225. The summed E-state index contributed by atoms with van der Waals surface area (Å²) in [7, 11) is -0.715. The monoisotopic (exact) mass is 519 g/mol. The number of rotatable bonds is 9. The molecule has 0 N–H and O–H groups in total. The normalized spacial score (nSPS) is 18.0.